The van der Waals surface area contributed by atoms with E-state index in [1.165, 1.54) is 24.3 Å². The molecule has 160 valence electrons. The van der Waals surface area contributed by atoms with Crippen LogP contribution in [0.1, 0.15) is 28.9 Å². The van der Waals surface area contributed by atoms with Gasteiger partial charge < -0.3 is 10.2 Å². The lowest BCUT2D eigenvalue weighted by atomic mass is 10.2. The Bertz CT molecular complexity index is 1150. The first-order chi connectivity index (χ1) is 14.8. The molecule has 2 amide bonds. The fourth-order valence-electron chi connectivity index (χ4n) is 3.46. The van der Waals surface area contributed by atoms with Gasteiger partial charge in [0.1, 0.15) is 0 Å². The zero-order valence-corrected chi connectivity index (χ0v) is 16.7. The first-order valence-electron chi connectivity index (χ1n) is 9.37. The van der Waals surface area contributed by atoms with Gasteiger partial charge in [-0.15, -0.1) is 0 Å². The highest BCUT2D eigenvalue weighted by atomic mass is 35.5. The lowest BCUT2D eigenvalue weighted by Gasteiger charge is -2.18. The van der Waals surface area contributed by atoms with Crippen LogP contribution in [0.2, 0.25) is 5.02 Å². The Labute approximate surface area is 180 Å². The number of anilines is 2. The van der Waals surface area contributed by atoms with Gasteiger partial charge in [0.2, 0.25) is 5.91 Å². The number of nitrogens with one attached hydrogen (secondary N) is 1. The summed E-state index contributed by atoms with van der Waals surface area (Å²) in [6.07, 6.45) is -2.78. The molecule has 31 heavy (non-hydrogen) atoms. The Morgan fingerprint density at radius 2 is 1.87 bits per heavy atom. The third-order valence-corrected chi connectivity index (χ3v) is 5.16. The highest BCUT2D eigenvalue weighted by Crippen LogP contribution is 2.35. The molecule has 0 unspecified atom stereocenters. The van der Waals surface area contributed by atoms with Crippen molar-refractivity contribution in [1.82, 2.24) is 9.78 Å². The number of para-hydroxylation sites is 1. The maximum atomic E-state index is 13.8. The first-order valence-corrected chi connectivity index (χ1v) is 9.75. The highest BCUT2D eigenvalue weighted by Gasteiger charge is 2.40. The molecule has 0 atom stereocenters. The number of halogens is 4. The highest BCUT2D eigenvalue weighted by molar-refractivity contribution is 6.34. The van der Waals surface area contributed by atoms with E-state index in [9.17, 15) is 22.8 Å². The molecule has 0 spiro atoms. The Hall–Kier alpha value is -3.33. The van der Waals surface area contributed by atoms with E-state index in [4.69, 9.17) is 11.6 Å². The van der Waals surface area contributed by atoms with Crippen LogP contribution in [0.3, 0.4) is 0 Å². The number of carbonyl (C=O) groups excluding carboxylic acids is 2. The number of nitrogens with zero attached hydrogens (tertiary/aromatic N) is 3. The molecular weight excluding hydrogens is 433 g/mol. The number of aromatic nitrogens is 2. The monoisotopic (exact) mass is 448 g/mol. The molecule has 0 radical (unpaired) electrons. The molecular formula is C21H16ClF3N4O2. The largest absolute Gasteiger partial charge is 0.434 e. The lowest BCUT2D eigenvalue weighted by Crippen LogP contribution is -2.24. The average molecular weight is 449 g/mol. The molecule has 6 nitrogen and oxygen atoms in total. The summed E-state index contributed by atoms with van der Waals surface area (Å²) in [7, 11) is 0. The molecule has 10 heteroatoms. The van der Waals surface area contributed by atoms with Crippen LogP contribution < -0.4 is 10.2 Å². The van der Waals surface area contributed by atoms with Crippen molar-refractivity contribution in [3.63, 3.8) is 0 Å². The molecule has 1 aromatic heterocycles. The zero-order chi connectivity index (χ0) is 22.2. The van der Waals surface area contributed by atoms with Crippen LogP contribution in [0.25, 0.3) is 5.69 Å². The topological polar surface area (TPSA) is 67.2 Å². The van der Waals surface area contributed by atoms with Gasteiger partial charge in [0.25, 0.3) is 5.91 Å². The van der Waals surface area contributed by atoms with Crippen molar-refractivity contribution in [2.45, 2.75) is 19.0 Å². The van der Waals surface area contributed by atoms with E-state index in [0.29, 0.717) is 23.3 Å². The van der Waals surface area contributed by atoms with Gasteiger partial charge in [-0.25, -0.2) is 4.68 Å². The van der Waals surface area contributed by atoms with Gasteiger partial charge in [-0.05, 0) is 36.8 Å². The molecule has 4 rings (SSSR count). The second-order valence-corrected chi connectivity index (χ2v) is 7.33. The van der Waals surface area contributed by atoms with E-state index >= 15 is 0 Å². The van der Waals surface area contributed by atoms with Crippen molar-refractivity contribution in [1.29, 1.82) is 0 Å². The minimum absolute atomic E-state index is 0.0539. The predicted molar refractivity (Wildman–Crippen MR) is 110 cm³/mol. The smallest absolute Gasteiger partial charge is 0.322 e. The Morgan fingerprint density at radius 3 is 2.48 bits per heavy atom. The maximum absolute atomic E-state index is 13.8. The number of amides is 2. The molecule has 1 N–H and O–H groups in total. The number of hydrogen-bond acceptors (Lipinski definition) is 3. The van der Waals surface area contributed by atoms with Gasteiger partial charge in [-0.2, -0.15) is 18.3 Å². The Morgan fingerprint density at radius 1 is 1.13 bits per heavy atom. The van der Waals surface area contributed by atoms with Crippen LogP contribution in [0, 0.1) is 0 Å². The van der Waals surface area contributed by atoms with Crippen molar-refractivity contribution in [2.75, 3.05) is 16.8 Å². The van der Waals surface area contributed by atoms with Crippen LogP contribution in [0.5, 0.6) is 0 Å². The SMILES string of the molecule is O=C(Nc1ccc(N2CCCC2=O)c(Cl)c1)c1cnn(-c2ccccc2)c1C(F)(F)F. The van der Waals surface area contributed by atoms with Crippen LogP contribution in [0.4, 0.5) is 24.5 Å². The van der Waals surface area contributed by atoms with Gasteiger partial charge in [0.05, 0.1) is 28.2 Å². The first kappa shape index (κ1) is 20.9. The summed E-state index contributed by atoms with van der Waals surface area (Å²) in [5.74, 6) is -1.03. The number of benzene rings is 2. The third kappa shape index (κ3) is 4.13. The van der Waals surface area contributed by atoms with E-state index in [1.54, 1.807) is 29.2 Å². The molecule has 0 bridgehead atoms. The summed E-state index contributed by atoms with van der Waals surface area (Å²) >= 11 is 6.25. The van der Waals surface area contributed by atoms with Crippen LogP contribution in [0.15, 0.2) is 54.7 Å². The summed E-state index contributed by atoms with van der Waals surface area (Å²) in [6, 6.07) is 12.2. The van der Waals surface area contributed by atoms with Gasteiger partial charge in [-0.1, -0.05) is 29.8 Å². The van der Waals surface area contributed by atoms with Crippen molar-refractivity contribution in [2.24, 2.45) is 0 Å². The third-order valence-electron chi connectivity index (χ3n) is 4.85. The van der Waals surface area contributed by atoms with Crippen molar-refractivity contribution >= 4 is 34.8 Å². The quantitative estimate of drug-likeness (QED) is 0.615. The summed E-state index contributed by atoms with van der Waals surface area (Å²) < 4.78 is 41.9. The summed E-state index contributed by atoms with van der Waals surface area (Å²) in [4.78, 5) is 26.1. The molecule has 1 fully saturated rings. The minimum atomic E-state index is -4.81. The zero-order valence-electron chi connectivity index (χ0n) is 16.0. The van der Waals surface area contributed by atoms with Gasteiger partial charge in [0.15, 0.2) is 5.69 Å². The van der Waals surface area contributed by atoms with Crippen LogP contribution >= 0.6 is 11.6 Å². The molecule has 2 heterocycles. The van der Waals surface area contributed by atoms with E-state index in [2.05, 4.69) is 10.4 Å². The summed E-state index contributed by atoms with van der Waals surface area (Å²) in [5.41, 5.74) is -0.926. The number of hydrogen-bond donors (Lipinski definition) is 1. The Kier molecular flexibility index (Phi) is 5.45. The van der Waals surface area contributed by atoms with Gasteiger partial charge in [0, 0.05) is 18.7 Å². The normalized spacial score (nSPS) is 14.2. The molecule has 3 aromatic rings. The second kappa shape index (κ2) is 8.07. The van der Waals surface area contributed by atoms with E-state index in [1.807, 2.05) is 0 Å². The number of alkyl halides is 3. The van der Waals surface area contributed by atoms with Crippen molar-refractivity contribution < 1.29 is 22.8 Å². The average Bonchev–Trinajstić information content (AvgIpc) is 3.35. The number of carbonyl (C=O) groups is 2. The fraction of sp³-hybridized carbons (Fsp3) is 0.190. The predicted octanol–water partition coefficient (Wildman–Crippen LogP) is 4.92. The molecule has 1 aliphatic heterocycles. The Balaban J connectivity index is 1.63. The van der Waals surface area contributed by atoms with Crippen molar-refractivity contribution in [3.05, 3.63) is 71.0 Å². The van der Waals surface area contributed by atoms with E-state index in [-0.39, 0.29) is 22.3 Å². The van der Waals surface area contributed by atoms with Crippen molar-refractivity contribution in [3.8, 4) is 5.69 Å². The van der Waals surface area contributed by atoms with Crippen LogP contribution in [-0.2, 0) is 11.0 Å². The molecule has 1 saturated heterocycles. The summed E-state index contributed by atoms with van der Waals surface area (Å²) in [6.45, 7) is 0.540. The van der Waals surface area contributed by atoms with E-state index < -0.39 is 23.3 Å². The van der Waals surface area contributed by atoms with Gasteiger partial charge >= 0.3 is 6.18 Å². The molecule has 2 aromatic carbocycles. The van der Waals surface area contributed by atoms with Gasteiger partial charge in [-0.3, -0.25) is 9.59 Å². The molecule has 0 saturated carbocycles. The summed E-state index contributed by atoms with van der Waals surface area (Å²) in [5, 5.41) is 6.41. The standard InChI is InChI=1S/C21H16ClF3N4O2/c22-16-11-13(8-9-17(16)28-10-4-7-18(28)30)27-20(31)15-12-26-29(19(15)21(23,24)25)14-5-2-1-3-6-14/h1-3,5-6,8-9,11-12H,4,7,10H2,(H,27,31). The molecule has 1 aliphatic rings. The lowest BCUT2D eigenvalue weighted by molar-refractivity contribution is -0.143. The maximum Gasteiger partial charge on any atom is 0.434 e. The second-order valence-electron chi connectivity index (χ2n) is 6.92. The molecule has 0 aliphatic carbocycles. The fourth-order valence-corrected chi connectivity index (χ4v) is 3.74. The number of rotatable bonds is 4. The van der Waals surface area contributed by atoms with Crippen LogP contribution in [-0.4, -0.2) is 28.1 Å². The van der Waals surface area contributed by atoms with E-state index in [0.717, 1.165) is 12.6 Å². The minimum Gasteiger partial charge on any atom is -0.322 e.